The summed E-state index contributed by atoms with van der Waals surface area (Å²) >= 11 is 5.53. The third-order valence-electron chi connectivity index (χ3n) is 1.83. The first-order valence-corrected chi connectivity index (χ1v) is 4.90. The predicted molar refractivity (Wildman–Crippen MR) is 54.8 cm³/mol. The van der Waals surface area contributed by atoms with Gasteiger partial charge in [0.1, 0.15) is 5.56 Å². The molecule has 0 spiro atoms. The summed E-state index contributed by atoms with van der Waals surface area (Å²) < 4.78 is 5.26. The Morgan fingerprint density at radius 3 is 3.07 bits per heavy atom. The summed E-state index contributed by atoms with van der Waals surface area (Å²) in [7, 11) is 0. The highest BCUT2D eigenvalue weighted by Gasteiger charge is 2.10. The molecule has 2 heterocycles. The maximum absolute atomic E-state index is 11.4. The van der Waals surface area contributed by atoms with Crippen LogP contribution in [0.3, 0.4) is 0 Å². The van der Waals surface area contributed by atoms with Gasteiger partial charge in [0.15, 0.2) is 5.43 Å². The molecule has 15 heavy (non-hydrogen) atoms. The van der Waals surface area contributed by atoms with E-state index in [2.05, 4.69) is 15.2 Å². The number of pyridine rings is 1. The Hall–Kier alpha value is -1.62. The van der Waals surface area contributed by atoms with Crippen molar-refractivity contribution < 1.29 is 4.42 Å². The van der Waals surface area contributed by atoms with Crippen molar-refractivity contribution in [2.24, 2.45) is 0 Å². The van der Waals surface area contributed by atoms with Crippen molar-refractivity contribution in [1.29, 1.82) is 0 Å². The minimum absolute atomic E-state index is 0.158. The number of halogens is 1. The molecule has 0 saturated carbocycles. The van der Waals surface area contributed by atoms with Gasteiger partial charge < -0.3 is 9.40 Å². The topological polar surface area (TPSA) is 71.8 Å². The van der Waals surface area contributed by atoms with Gasteiger partial charge in [-0.3, -0.25) is 4.79 Å². The highest BCUT2D eigenvalue weighted by molar-refractivity contribution is 6.17. The molecule has 6 heteroatoms. The van der Waals surface area contributed by atoms with E-state index in [1.807, 2.05) is 0 Å². The van der Waals surface area contributed by atoms with Crippen molar-refractivity contribution >= 4 is 11.6 Å². The predicted octanol–water partition coefficient (Wildman–Crippen LogP) is 1.21. The number of aryl methyl sites for hydroxylation is 1. The summed E-state index contributed by atoms with van der Waals surface area (Å²) in [6, 6.07) is 1.40. The quantitative estimate of drug-likeness (QED) is 0.797. The molecule has 0 saturated heterocycles. The molecule has 2 aromatic rings. The van der Waals surface area contributed by atoms with Gasteiger partial charge >= 0.3 is 0 Å². The summed E-state index contributed by atoms with van der Waals surface area (Å²) in [6.07, 6.45) is 3.57. The second-order valence-corrected chi connectivity index (χ2v) is 3.24. The van der Waals surface area contributed by atoms with Crippen LogP contribution < -0.4 is 5.43 Å². The lowest BCUT2D eigenvalue weighted by molar-refractivity contribution is 0.513. The molecule has 0 amide bonds. The zero-order valence-corrected chi connectivity index (χ0v) is 8.49. The van der Waals surface area contributed by atoms with Crippen LogP contribution in [0, 0.1) is 0 Å². The van der Waals surface area contributed by atoms with E-state index in [0.29, 0.717) is 23.8 Å². The number of alkyl halides is 1. The fraction of sp³-hybridized carbons (Fsp3) is 0.222. The molecule has 1 N–H and O–H groups in total. The second-order valence-electron chi connectivity index (χ2n) is 2.86. The van der Waals surface area contributed by atoms with Crippen molar-refractivity contribution in [2.45, 2.75) is 6.42 Å². The van der Waals surface area contributed by atoms with Gasteiger partial charge in [-0.2, -0.15) is 0 Å². The summed E-state index contributed by atoms with van der Waals surface area (Å²) in [6.45, 7) is 0. The third kappa shape index (κ3) is 2.07. The maximum Gasteiger partial charge on any atom is 0.253 e. The number of H-pyrrole nitrogens is 1. The van der Waals surface area contributed by atoms with Crippen LogP contribution in [0.4, 0.5) is 0 Å². The number of hydrogen-bond acceptors (Lipinski definition) is 4. The van der Waals surface area contributed by atoms with Crippen LogP contribution in [0.2, 0.25) is 0 Å². The number of rotatable bonds is 3. The normalized spacial score (nSPS) is 10.5. The van der Waals surface area contributed by atoms with E-state index in [1.54, 1.807) is 6.20 Å². The Morgan fingerprint density at radius 1 is 1.47 bits per heavy atom. The molecule has 2 aromatic heterocycles. The number of nitrogens with zero attached hydrogens (tertiary/aromatic N) is 2. The summed E-state index contributed by atoms with van der Waals surface area (Å²) in [5, 5.41) is 7.54. The highest BCUT2D eigenvalue weighted by atomic mass is 35.5. The third-order valence-corrected chi connectivity index (χ3v) is 2.02. The van der Waals surface area contributed by atoms with Gasteiger partial charge in [-0.1, -0.05) is 0 Å². The van der Waals surface area contributed by atoms with Gasteiger partial charge in [0.2, 0.25) is 5.89 Å². The number of hydrogen-bond donors (Lipinski definition) is 1. The van der Waals surface area contributed by atoms with Crippen LogP contribution in [-0.4, -0.2) is 21.1 Å². The Kier molecular flexibility index (Phi) is 2.82. The van der Waals surface area contributed by atoms with E-state index in [0.717, 1.165) is 0 Å². The van der Waals surface area contributed by atoms with Crippen molar-refractivity contribution in [3.63, 3.8) is 0 Å². The fourth-order valence-electron chi connectivity index (χ4n) is 1.13. The lowest BCUT2D eigenvalue weighted by Crippen LogP contribution is -2.02. The standard InChI is InChI=1S/C9H8ClN3O2/c10-3-1-8-12-13-9(15-8)6-5-11-4-2-7(6)14/h2,4-5H,1,3H2,(H,11,14). The van der Waals surface area contributed by atoms with Gasteiger partial charge in [-0.25, -0.2) is 0 Å². The Labute approximate surface area is 90.1 Å². The lowest BCUT2D eigenvalue weighted by atomic mass is 10.3. The van der Waals surface area contributed by atoms with E-state index in [4.69, 9.17) is 16.0 Å². The summed E-state index contributed by atoms with van der Waals surface area (Å²) in [5.74, 6) is 1.06. The fourth-order valence-corrected chi connectivity index (χ4v) is 1.29. The van der Waals surface area contributed by atoms with E-state index in [1.165, 1.54) is 12.3 Å². The van der Waals surface area contributed by atoms with Gasteiger partial charge in [0.05, 0.1) is 0 Å². The number of aromatic amines is 1. The molecule has 0 aromatic carbocycles. The first-order valence-electron chi connectivity index (χ1n) is 4.37. The molecule has 0 aliphatic rings. The first kappa shape index (κ1) is 9.92. The molecule has 0 fully saturated rings. The Morgan fingerprint density at radius 2 is 2.33 bits per heavy atom. The molecule has 0 aliphatic heterocycles. The number of aromatic nitrogens is 3. The van der Waals surface area contributed by atoms with Crippen LogP contribution in [0.5, 0.6) is 0 Å². The molecule has 0 aliphatic carbocycles. The lowest BCUT2D eigenvalue weighted by Gasteiger charge is -1.91. The largest absolute Gasteiger partial charge is 0.420 e. The molecule has 0 radical (unpaired) electrons. The molecule has 5 nitrogen and oxygen atoms in total. The van der Waals surface area contributed by atoms with Crippen molar-refractivity contribution in [3.05, 3.63) is 34.6 Å². The zero-order valence-electron chi connectivity index (χ0n) is 7.74. The van der Waals surface area contributed by atoms with E-state index >= 15 is 0 Å². The molecule has 0 atom stereocenters. The molecule has 78 valence electrons. The molecule has 2 rings (SSSR count). The van der Waals surface area contributed by atoms with Crippen LogP contribution >= 0.6 is 11.6 Å². The minimum atomic E-state index is -0.158. The molecular formula is C9H8ClN3O2. The van der Waals surface area contributed by atoms with E-state index in [-0.39, 0.29) is 11.3 Å². The first-order chi connectivity index (χ1) is 7.31. The number of nitrogens with one attached hydrogen (secondary N) is 1. The van der Waals surface area contributed by atoms with Gasteiger partial charge in [-0.05, 0) is 0 Å². The smallest absolute Gasteiger partial charge is 0.253 e. The van der Waals surface area contributed by atoms with Gasteiger partial charge in [0.25, 0.3) is 5.89 Å². The maximum atomic E-state index is 11.4. The SMILES string of the molecule is O=c1cc[nH]cc1-c1nnc(CCCl)o1. The van der Waals surface area contributed by atoms with E-state index < -0.39 is 0 Å². The van der Waals surface area contributed by atoms with Crippen LogP contribution in [0.25, 0.3) is 11.5 Å². The molecule has 0 bridgehead atoms. The Bertz CT molecular complexity index is 506. The average molecular weight is 226 g/mol. The average Bonchev–Trinajstić information content (AvgIpc) is 2.68. The van der Waals surface area contributed by atoms with Crippen molar-refractivity contribution in [3.8, 4) is 11.5 Å². The van der Waals surface area contributed by atoms with Crippen LogP contribution in [0.15, 0.2) is 27.7 Å². The summed E-state index contributed by atoms with van der Waals surface area (Å²) in [4.78, 5) is 14.2. The van der Waals surface area contributed by atoms with Crippen molar-refractivity contribution in [1.82, 2.24) is 15.2 Å². The summed E-state index contributed by atoms with van der Waals surface area (Å²) in [5.41, 5.74) is 0.209. The van der Waals surface area contributed by atoms with Crippen LogP contribution in [-0.2, 0) is 6.42 Å². The van der Waals surface area contributed by atoms with E-state index in [9.17, 15) is 4.79 Å². The zero-order chi connectivity index (χ0) is 10.7. The monoisotopic (exact) mass is 225 g/mol. The minimum Gasteiger partial charge on any atom is -0.420 e. The molecular weight excluding hydrogens is 218 g/mol. The van der Waals surface area contributed by atoms with Gasteiger partial charge in [-0.15, -0.1) is 21.8 Å². The second kappa shape index (κ2) is 4.27. The molecule has 0 unspecified atom stereocenters. The van der Waals surface area contributed by atoms with Gasteiger partial charge in [0, 0.05) is 30.8 Å². The van der Waals surface area contributed by atoms with Crippen molar-refractivity contribution in [2.75, 3.05) is 5.88 Å². The van der Waals surface area contributed by atoms with Crippen LogP contribution in [0.1, 0.15) is 5.89 Å². The highest BCUT2D eigenvalue weighted by Crippen LogP contribution is 2.12. The Balaban J connectivity index is 2.38.